The van der Waals surface area contributed by atoms with Crippen LogP contribution in [0, 0.1) is 6.92 Å². The average Bonchev–Trinajstić information content (AvgIpc) is 2.96. The van der Waals surface area contributed by atoms with Gasteiger partial charge < -0.3 is 9.47 Å². The Balaban J connectivity index is 2.21. The van der Waals surface area contributed by atoms with E-state index in [1.165, 1.54) is 18.4 Å². The number of benzene rings is 1. The molecule has 0 spiro atoms. The molecule has 1 heterocycles. The van der Waals surface area contributed by atoms with E-state index in [9.17, 15) is 4.79 Å². The second kappa shape index (κ2) is 8.57. The zero-order valence-electron chi connectivity index (χ0n) is 13.5. The number of nitrogens with zero attached hydrogens (tertiary/aromatic N) is 1. The number of aryl methyl sites for hydroxylation is 1. The summed E-state index contributed by atoms with van der Waals surface area (Å²) in [6, 6.07) is 7.98. The van der Waals surface area contributed by atoms with Gasteiger partial charge in [-0.1, -0.05) is 47.1 Å². The van der Waals surface area contributed by atoms with E-state index in [-0.39, 0.29) is 5.97 Å². The number of thiazole rings is 1. The largest absolute Gasteiger partial charge is 0.465 e. The lowest BCUT2D eigenvalue weighted by atomic mass is 10.1. The normalized spacial score (nSPS) is 12.2. The lowest BCUT2D eigenvalue weighted by Crippen LogP contribution is -2.07. The fraction of sp³-hybridized carbons (Fsp3) is 0.412. The highest BCUT2D eigenvalue weighted by molar-refractivity contribution is 9.09. The van der Waals surface area contributed by atoms with E-state index in [1.54, 1.807) is 0 Å². The Morgan fingerprint density at radius 2 is 2.13 bits per heavy atom. The van der Waals surface area contributed by atoms with Crippen LogP contribution in [0.5, 0.6) is 0 Å². The van der Waals surface area contributed by atoms with E-state index in [0.29, 0.717) is 28.6 Å². The highest BCUT2D eigenvalue weighted by Crippen LogP contribution is 2.31. The maximum atomic E-state index is 11.8. The van der Waals surface area contributed by atoms with Gasteiger partial charge in [0, 0.05) is 10.4 Å². The SMILES string of the molecule is CCC(Br)COCc1ccccc1-c1nc(C)c(C(=O)OC)s1. The van der Waals surface area contributed by atoms with Crippen molar-refractivity contribution >= 4 is 33.2 Å². The number of carbonyl (C=O) groups is 1. The molecule has 0 saturated carbocycles. The maximum Gasteiger partial charge on any atom is 0.349 e. The molecule has 23 heavy (non-hydrogen) atoms. The summed E-state index contributed by atoms with van der Waals surface area (Å²) < 4.78 is 10.6. The van der Waals surface area contributed by atoms with Crippen LogP contribution in [0.3, 0.4) is 0 Å². The molecule has 0 saturated heterocycles. The second-order valence-corrected chi connectivity index (χ2v) is 7.40. The van der Waals surface area contributed by atoms with Gasteiger partial charge in [-0.15, -0.1) is 11.3 Å². The van der Waals surface area contributed by atoms with Crippen molar-refractivity contribution < 1.29 is 14.3 Å². The summed E-state index contributed by atoms with van der Waals surface area (Å²) in [6.07, 6.45) is 1.02. The molecule has 124 valence electrons. The van der Waals surface area contributed by atoms with Gasteiger partial charge in [0.15, 0.2) is 0 Å². The van der Waals surface area contributed by atoms with Crippen LogP contribution in [0.4, 0.5) is 0 Å². The number of alkyl halides is 1. The molecule has 2 rings (SSSR count). The van der Waals surface area contributed by atoms with Crippen molar-refractivity contribution in [3.8, 4) is 10.6 Å². The van der Waals surface area contributed by atoms with Crippen LogP contribution in [-0.4, -0.2) is 29.5 Å². The predicted octanol–water partition coefficient (Wildman–Crippen LogP) is 4.60. The average molecular weight is 398 g/mol. The summed E-state index contributed by atoms with van der Waals surface area (Å²) in [5.41, 5.74) is 2.76. The first-order chi connectivity index (χ1) is 11.1. The van der Waals surface area contributed by atoms with E-state index in [4.69, 9.17) is 9.47 Å². The second-order valence-electron chi connectivity index (χ2n) is 5.10. The van der Waals surface area contributed by atoms with Crippen molar-refractivity contribution in [2.75, 3.05) is 13.7 Å². The number of rotatable bonds is 7. The Bertz CT molecular complexity index is 672. The lowest BCUT2D eigenvalue weighted by molar-refractivity contribution is 0.0605. The minimum absolute atomic E-state index is 0.343. The molecule has 0 aliphatic rings. The monoisotopic (exact) mass is 397 g/mol. The Hall–Kier alpha value is -1.24. The predicted molar refractivity (Wildman–Crippen MR) is 96.3 cm³/mol. The summed E-state index contributed by atoms with van der Waals surface area (Å²) in [4.78, 5) is 17.2. The van der Waals surface area contributed by atoms with Gasteiger partial charge in [-0.2, -0.15) is 0 Å². The third-order valence-electron chi connectivity index (χ3n) is 3.41. The maximum absolute atomic E-state index is 11.8. The number of methoxy groups -OCH3 is 1. The minimum Gasteiger partial charge on any atom is -0.465 e. The molecule has 0 aliphatic heterocycles. The summed E-state index contributed by atoms with van der Waals surface area (Å²) in [7, 11) is 1.38. The van der Waals surface area contributed by atoms with E-state index in [2.05, 4.69) is 27.8 Å². The van der Waals surface area contributed by atoms with Crippen LogP contribution < -0.4 is 0 Å². The molecule has 0 N–H and O–H groups in total. The lowest BCUT2D eigenvalue weighted by Gasteiger charge is -2.10. The van der Waals surface area contributed by atoms with Gasteiger partial charge in [0.2, 0.25) is 0 Å². The van der Waals surface area contributed by atoms with Crippen LogP contribution in [-0.2, 0) is 16.1 Å². The minimum atomic E-state index is -0.343. The molecule has 2 aromatic rings. The first-order valence-corrected chi connectivity index (χ1v) is 9.15. The summed E-state index contributed by atoms with van der Waals surface area (Å²) in [6.45, 7) is 5.12. The van der Waals surface area contributed by atoms with E-state index in [1.807, 2.05) is 31.2 Å². The van der Waals surface area contributed by atoms with Crippen molar-refractivity contribution in [1.29, 1.82) is 0 Å². The van der Waals surface area contributed by atoms with Gasteiger partial charge in [0.25, 0.3) is 0 Å². The van der Waals surface area contributed by atoms with Crippen molar-refractivity contribution in [3.63, 3.8) is 0 Å². The number of hydrogen-bond donors (Lipinski definition) is 0. The Labute approximate surface area is 149 Å². The fourth-order valence-electron chi connectivity index (χ4n) is 2.06. The van der Waals surface area contributed by atoms with Gasteiger partial charge in [0.1, 0.15) is 9.88 Å². The highest BCUT2D eigenvalue weighted by Gasteiger charge is 2.18. The molecule has 1 aromatic carbocycles. The van der Waals surface area contributed by atoms with E-state index < -0.39 is 0 Å². The first-order valence-electron chi connectivity index (χ1n) is 7.42. The number of hydrogen-bond acceptors (Lipinski definition) is 5. The molecule has 0 aliphatic carbocycles. The number of carbonyl (C=O) groups excluding carboxylic acids is 1. The topological polar surface area (TPSA) is 48.4 Å². The molecule has 1 atom stereocenters. The Morgan fingerprint density at radius 1 is 1.39 bits per heavy atom. The van der Waals surface area contributed by atoms with Crippen LogP contribution in [0.25, 0.3) is 10.6 Å². The number of esters is 1. The summed E-state index contributed by atoms with van der Waals surface area (Å²) in [5.74, 6) is -0.343. The van der Waals surface area contributed by atoms with E-state index >= 15 is 0 Å². The van der Waals surface area contributed by atoms with Gasteiger partial charge >= 0.3 is 5.97 Å². The van der Waals surface area contributed by atoms with Gasteiger partial charge in [-0.05, 0) is 18.9 Å². The zero-order chi connectivity index (χ0) is 16.8. The van der Waals surface area contributed by atoms with Gasteiger partial charge in [0.05, 0.1) is 26.0 Å². The van der Waals surface area contributed by atoms with Crippen molar-refractivity contribution in [3.05, 3.63) is 40.4 Å². The molecule has 0 amide bonds. The molecule has 0 bridgehead atoms. The smallest absolute Gasteiger partial charge is 0.349 e. The Morgan fingerprint density at radius 3 is 2.83 bits per heavy atom. The molecule has 4 nitrogen and oxygen atoms in total. The molecular weight excluding hydrogens is 378 g/mol. The number of halogens is 1. The third kappa shape index (κ3) is 4.62. The van der Waals surface area contributed by atoms with Crippen LogP contribution in [0.2, 0.25) is 0 Å². The van der Waals surface area contributed by atoms with Crippen molar-refractivity contribution in [2.24, 2.45) is 0 Å². The quantitative estimate of drug-likeness (QED) is 0.506. The summed E-state index contributed by atoms with van der Waals surface area (Å²) in [5, 5.41) is 0.813. The summed E-state index contributed by atoms with van der Waals surface area (Å²) >= 11 is 4.92. The van der Waals surface area contributed by atoms with E-state index in [0.717, 1.165) is 22.6 Å². The molecule has 0 radical (unpaired) electrons. The highest BCUT2D eigenvalue weighted by atomic mass is 79.9. The zero-order valence-corrected chi connectivity index (χ0v) is 15.9. The molecule has 6 heteroatoms. The molecule has 1 unspecified atom stereocenters. The number of aromatic nitrogens is 1. The fourth-order valence-corrected chi connectivity index (χ4v) is 3.30. The molecular formula is C17H20BrNO3S. The number of ether oxygens (including phenoxy) is 2. The third-order valence-corrected chi connectivity index (χ3v) is 5.50. The van der Waals surface area contributed by atoms with Crippen LogP contribution in [0.15, 0.2) is 24.3 Å². The van der Waals surface area contributed by atoms with Gasteiger partial charge in [-0.3, -0.25) is 0 Å². The van der Waals surface area contributed by atoms with Crippen LogP contribution in [0.1, 0.15) is 34.3 Å². The molecule has 0 fully saturated rings. The van der Waals surface area contributed by atoms with Crippen molar-refractivity contribution in [2.45, 2.75) is 31.7 Å². The first kappa shape index (κ1) is 18.1. The van der Waals surface area contributed by atoms with Crippen LogP contribution >= 0.6 is 27.3 Å². The van der Waals surface area contributed by atoms with Gasteiger partial charge in [-0.25, -0.2) is 9.78 Å². The van der Waals surface area contributed by atoms with Crippen molar-refractivity contribution in [1.82, 2.24) is 4.98 Å². The standard InChI is InChI=1S/C17H20BrNO3S/c1-4-13(18)10-22-9-12-7-5-6-8-14(12)16-19-11(2)15(23-16)17(20)21-3/h5-8,13H,4,9-10H2,1-3H3. The Kier molecular flexibility index (Phi) is 6.74. The molecule has 1 aromatic heterocycles.